The Hall–Kier alpha value is -2.22. The Morgan fingerprint density at radius 3 is 2.21 bits per heavy atom. The predicted molar refractivity (Wildman–Crippen MR) is 120 cm³/mol. The van der Waals surface area contributed by atoms with E-state index in [1.165, 1.54) is 33.2 Å². The van der Waals surface area contributed by atoms with E-state index in [-0.39, 0.29) is 10.8 Å². The second-order valence-electron chi connectivity index (χ2n) is 10.5. The van der Waals surface area contributed by atoms with Crippen LogP contribution in [0.2, 0.25) is 0 Å². The van der Waals surface area contributed by atoms with Gasteiger partial charge in [-0.25, -0.2) is 4.57 Å². The lowest BCUT2D eigenvalue weighted by Gasteiger charge is -2.21. The largest absolute Gasteiger partial charge is 0.331 e. The zero-order valence-electron chi connectivity index (χ0n) is 19.1. The Morgan fingerprint density at radius 1 is 0.929 bits per heavy atom. The molecule has 0 atom stereocenters. The first kappa shape index (κ1) is 20.5. The molecule has 0 spiro atoms. The van der Waals surface area contributed by atoms with Crippen molar-refractivity contribution in [1.82, 2.24) is 4.98 Å². The first-order chi connectivity index (χ1) is 12.8. The molecule has 3 aromatic rings. The molecule has 0 aliphatic rings. The van der Waals surface area contributed by atoms with E-state index in [1.807, 2.05) is 0 Å². The van der Waals surface area contributed by atoms with Crippen LogP contribution in [-0.4, -0.2) is 4.98 Å². The molecule has 0 bridgehead atoms. The van der Waals surface area contributed by atoms with Crippen molar-refractivity contribution in [3.05, 3.63) is 58.8 Å². The fourth-order valence-corrected chi connectivity index (χ4v) is 3.76. The van der Waals surface area contributed by atoms with Crippen molar-refractivity contribution in [2.24, 2.45) is 12.5 Å². The SMILES string of the molecule is Cc1cc(C(C)(C)C)cc(-c2nc3cc(CC(C)(C)C)ccc3c[n+]2C)c1C. The van der Waals surface area contributed by atoms with Gasteiger partial charge in [-0.15, -0.1) is 0 Å². The Morgan fingerprint density at radius 2 is 1.61 bits per heavy atom. The summed E-state index contributed by atoms with van der Waals surface area (Å²) in [5, 5.41) is 1.19. The van der Waals surface area contributed by atoms with Crippen molar-refractivity contribution >= 4 is 10.9 Å². The summed E-state index contributed by atoms with van der Waals surface area (Å²) in [4.78, 5) is 5.12. The Labute approximate surface area is 170 Å². The molecule has 1 aromatic heterocycles. The molecule has 28 heavy (non-hydrogen) atoms. The summed E-state index contributed by atoms with van der Waals surface area (Å²) in [6, 6.07) is 11.4. The maximum absolute atomic E-state index is 5.12. The highest BCUT2D eigenvalue weighted by Crippen LogP contribution is 2.31. The highest BCUT2D eigenvalue weighted by Gasteiger charge is 2.23. The summed E-state index contributed by atoms with van der Waals surface area (Å²) in [5.74, 6) is 1.03. The lowest BCUT2D eigenvalue weighted by Crippen LogP contribution is -2.32. The third-order valence-electron chi connectivity index (χ3n) is 5.50. The van der Waals surface area contributed by atoms with Gasteiger partial charge in [0.05, 0.1) is 18.0 Å². The molecule has 0 radical (unpaired) electrons. The highest BCUT2D eigenvalue weighted by atomic mass is 15.0. The van der Waals surface area contributed by atoms with E-state index < -0.39 is 0 Å². The monoisotopic (exact) mass is 375 g/mol. The van der Waals surface area contributed by atoms with Gasteiger partial charge >= 0.3 is 5.82 Å². The van der Waals surface area contributed by atoms with E-state index in [0.717, 1.165) is 17.8 Å². The fraction of sp³-hybridized carbons (Fsp3) is 0.462. The Kier molecular flexibility index (Phi) is 5.12. The summed E-state index contributed by atoms with van der Waals surface area (Å²) in [7, 11) is 2.10. The van der Waals surface area contributed by atoms with Gasteiger partial charge in [0.15, 0.2) is 5.52 Å². The van der Waals surface area contributed by atoms with E-state index in [1.54, 1.807) is 0 Å². The lowest BCUT2D eigenvalue weighted by atomic mass is 9.83. The van der Waals surface area contributed by atoms with Crippen LogP contribution in [0.4, 0.5) is 0 Å². The molecule has 0 saturated heterocycles. The van der Waals surface area contributed by atoms with Crippen LogP contribution in [0.15, 0.2) is 36.5 Å². The van der Waals surface area contributed by atoms with E-state index in [9.17, 15) is 0 Å². The first-order valence-corrected chi connectivity index (χ1v) is 10.3. The molecule has 0 unspecified atom stereocenters. The highest BCUT2D eigenvalue weighted by molar-refractivity contribution is 5.79. The molecule has 0 fully saturated rings. The Balaban J connectivity index is 2.20. The van der Waals surface area contributed by atoms with Crippen LogP contribution in [0.3, 0.4) is 0 Å². The number of hydrogen-bond acceptors (Lipinski definition) is 1. The van der Waals surface area contributed by atoms with Crippen LogP contribution in [0.1, 0.15) is 63.8 Å². The van der Waals surface area contributed by atoms with Crippen molar-refractivity contribution < 1.29 is 4.57 Å². The number of aryl methyl sites for hydroxylation is 2. The first-order valence-electron chi connectivity index (χ1n) is 10.3. The van der Waals surface area contributed by atoms with E-state index in [2.05, 4.69) is 104 Å². The van der Waals surface area contributed by atoms with Gasteiger partial charge in [-0.3, -0.25) is 0 Å². The van der Waals surface area contributed by atoms with Crippen LogP contribution in [0.5, 0.6) is 0 Å². The summed E-state index contributed by atoms with van der Waals surface area (Å²) >= 11 is 0. The number of fused-ring (bicyclic) bond motifs is 1. The molecule has 1 heterocycles. The molecule has 0 N–H and O–H groups in total. The maximum atomic E-state index is 5.12. The number of rotatable bonds is 2. The van der Waals surface area contributed by atoms with Gasteiger partial charge in [0.25, 0.3) is 0 Å². The molecule has 0 aliphatic carbocycles. The second-order valence-corrected chi connectivity index (χ2v) is 10.5. The zero-order valence-corrected chi connectivity index (χ0v) is 19.1. The molecule has 0 saturated carbocycles. The van der Waals surface area contributed by atoms with Crippen LogP contribution in [-0.2, 0) is 18.9 Å². The second kappa shape index (κ2) is 6.99. The van der Waals surface area contributed by atoms with Gasteiger partial charge in [-0.1, -0.05) is 53.7 Å². The third kappa shape index (κ3) is 4.27. The fourth-order valence-electron chi connectivity index (χ4n) is 3.76. The average Bonchev–Trinajstić information content (AvgIpc) is 2.54. The summed E-state index contributed by atoms with van der Waals surface area (Å²) < 4.78 is 2.17. The van der Waals surface area contributed by atoms with Gasteiger partial charge < -0.3 is 0 Å². The van der Waals surface area contributed by atoms with Crippen LogP contribution < -0.4 is 4.57 Å². The van der Waals surface area contributed by atoms with Crippen molar-refractivity contribution in [3.63, 3.8) is 0 Å². The van der Waals surface area contributed by atoms with Gasteiger partial charge in [-0.05, 0) is 76.5 Å². The quantitative estimate of drug-likeness (QED) is 0.485. The topological polar surface area (TPSA) is 16.8 Å². The van der Waals surface area contributed by atoms with Crippen molar-refractivity contribution in [3.8, 4) is 11.4 Å². The van der Waals surface area contributed by atoms with Gasteiger partial charge in [0.2, 0.25) is 0 Å². The van der Waals surface area contributed by atoms with Gasteiger partial charge in [-0.2, -0.15) is 0 Å². The molecule has 2 nitrogen and oxygen atoms in total. The molecule has 0 aliphatic heterocycles. The van der Waals surface area contributed by atoms with E-state index in [0.29, 0.717) is 0 Å². The van der Waals surface area contributed by atoms with Crippen LogP contribution in [0, 0.1) is 19.3 Å². The predicted octanol–water partition coefficient (Wildman–Crippen LogP) is 6.23. The van der Waals surface area contributed by atoms with Crippen LogP contribution >= 0.6 is 0 Å². The van der Waals surface area contributed by atoms with E-state index in [4.69, 9.17) is 4.98 Å². The van der Waals surface area contributed by atoms with Crippen molar-refractivity contribution in [1.29, 1.82) is 0 Å². The third-order valence-corrected chi connectivity index (χ3v) is 5.50. The summed E-state index contributed by atoms with van der Waals surface area (Å²) in [6.45, 7) is 18.1. The number of aromatic nitrogens is 2. The number of hydrogen-bond donors (Lipinski definition) is 0. The molecule has 0 amide bonds. The summed E-state index contributed by atoms with van der Waals surface area (Å²) in [5.41, 5.74) is 8.03. The standard InChI is InChI=1S/C26H35N2/c1-17-12-21(26(6,7)8)14-22(18(17)2)24-27-23-13-19(15-25(3,4)5)10-11-20(23)16-28(24)9/h10-14,16H,15H2,1-9H3/q+1. The van der Waals surface area contributed by atoms with Gasteiger partial charge in [0, 0.05) is 0 Å². The molecular weight excluding hydrogens is 340 g/mol. The van der Waals surface area contributed by atoms with Crippen molar-refractivity contribution in [2.45, 2.75) is 67.2 Å². The van der Waals surface area contributed by atoms with Gasteiger partial charge in [0.1, 0.15) is 6.20 Å². The minimum atomic E-state index is 0.114. The summed E-state index contributed by atoms with van der Waals surface area (Å²) in [6.07, 6.45) is 3.26. The van der Waals surface area contributed by atoms with Crippen LogP contribution in [0.25, 0.3) is 22.3 Å². The van der Waals surface area contributed by atoms with E-state index >= 15 is 0 Å². The molecular formula is C26H35N2+. The zero-order chi connectivity index (χ0) is 20.9. The van der Waals surface area contributed by atoms with Crippen molar-refractivity contribution in [2.75, 3.05) is 0 Å². The minimum Gasteiger partial charge on any atom is -0.232 e. The Bertz CT molecular complexity index is 1030. The minimum absolute atomic E-state index is 0.114. The average molecular weight is 376 g/mol. The number of benzene rings is 2. The number of nitrogens with zero attached hydrogens (tertiary/aromatic N) is 2. The smallest absolute Gasteiger partial charge is 0.232 e. The molecule has 2 heteroatoms. The maximum Gasteiger partial charge on any atom is 0.331 e. The lowest BCUT2D eigenvalue weighted by molar-refractivity contribution is -0.661. The molecule has 148 valence electrons. The molecule has 2 aromatic carbocycles. The molecule has 3 rings (SSSR count). The normalized spacial score (nSPS) is 12.6.